The minimum absolute atomic E-state index is 0.128. The molecule has 0 spiro atoms. The van der Waals surface area contributed by atoms with E-state index in [1.54, 1.807) is 6.92 Å². The van der Waals surface area contributed by atoms with Crippen molar-refractivity contribution in [1.29, 1.82) is 0 Å². The maximum Gasteiger partial charge on any atom is 0.309 e. The molecular formula is C13H21NO4. The monoisotopic (exact) mass is 255 g/mol. The van der Waals surface area contributed by atoms with E-state index < -0.39 is 5.97 Å². The number of hydrogen-bond acceptors (Lipinski definition) is 3. The lowest BCUT2D eigenvalue weighted by Gasteiger charge is -2.32. The van der Waals surface area contributed by atoms with Crippen molar-refractivity contribution in [2.24, 2.45) is 11.8 Å². The van der Waals surface area contributed by atoms with Gasteiger partial charge in [-0.1, -0.05) is 0 Å². The molecule has 0 aromatic carbocycles. The SMILES string of the molecule is CC(=O)N1CCC(C[C@@H]2OCC[C@@H]2C(=O)O)CC1. The first-order valence-corrected chi connectivity index (χ1v) is 6.68. The molecule has 0 radical (unpaired) electrons. The number of carboxylic acid groups (broad SMARTS) is 1. The van der Waals surface area contributed by atoms with Crippen LogP contribution in [0.3, 0.4) is 0 Å². The van der Waals surface area contributed by atoms with Crippen LogP contribution in [0.1, 0.15) is 32.6 Å². The molecule has 1 amide bonds. The fraction of sp³-hybridized carbons (Fsp3) is 0.846. The van der Waals surface area contributed by atoms with Crippen molar-refractivity contribution < 1.29 is 19.4 Å². The highest BCUT2D eigenvalue weighted by Crippen LogP contribution is 2.30. The minimum atomic E-state index is -0.737. The number of ether oxygens (including phenoxy) is 1. The van der Waals surface area contributed by atoms with E-state index in [1.807, 2.05) is 4.90 Å². The molecule has 2 fully saturated rings. The number of carboxylic acids is 1. The van der Waals surface area contributed by atoms with Gasteiger partial charge in [-0.25, -0.2) is 0 Å². The third-order valence-corrected chi connectivity index (χ3v) is 4.15. The van der Waals surface area contributed by atoms with Crippen LogP contribution in [0.5, 0.6) is 0 Å². The number of nitrogens with zero attached hydrogens (tertiary/aromatic N) is 1. The molecule has 2 rings (SSSR count). The van der Waals surface area contributed by atoms with Crippen molar-refractivity contribution in [3.8, 4) is 0 Å². The van der Waals surface area contributed by atoms with Gasteiger partial charge in [-0.05, 0) is 31.6 Å². The van der Waals surface area contributed by atoms with Crippen LogP contribution in [0.4, 0.5) is 0 Å². The normalized spacial score (nSPS) is 29.5. The molecule has 0 bridgehead atoms. The molecule has 2 aliphatic rings. The molecule has 5 heteroatoms. The van der Waals surface area contributed by atoms with Gasteiger partial charge in [0.25, 0.3) is 0 Å². The Balaban J connectivity index is 1.81. The molecule has 0 aromatic heterocycles. The van der Waals surface area contributed by atoms with E-state index in [9.17, 15) is 9.59 Å². The van der Waals surface area contributed by atoms with E-state index in [4.69, 9.17) is 9.84 Å². The summed E-state index contributed by atoms with van der Waals surface area (Å²) in [5.74, 6) is -0.450. The number of aliphatic carboxylic acids is 1. The molecule has 5 nitrogen and oxygen atoms in total. The third kappa shape index (κ3) is 3.02. The fourth-order valence-corrected chi connectivity index (χ4v) is 2.98. The molecule has 2 aliphatic heterocycles. The lowest BCUT2D eigenvalue weighted by molar-refractivity contribution is -0.143. The second-order valence-electron chi connectivity index (χ2n) is 5.33. The summed E-state index contributed by atoms with van der Waals surface area (Å²) < 4.78 is 5.54. The molecule has 0 unspecified atom stereocenters. The van der Waals surface area contributed by atoms with Crippen LogP contribution in [0, 0.1) is 11.8 Å². The van der Waals surface area contributed by atoms with Crippen molar-refractivity contribution in [1.82, 2.24) is 4.90 Å². The zero-order chi connectivity index (χ0) is 13.1. The number of rotatable bonds is 3. The van der Waals surface area contributed by atoms with Crippen LogP contribution < -0.4 is 0 Å². The molecule has 2 atom stereocenters. The van der Waals surface area contributed by atoms with Gasteiger partial charge >= 0.3 is 5.97 Å². The van der Waals surface area contributed by atoms with E-state index in [0.717, 1.165) is 32.4 Å². The van der Waals surface area contributed by atoms with Crippen molar-refractivity contribution in [3.63, 3.8) is 0 Å². The van der Waals surface area contributed by atoms with Crippen molar-refractivity contribution >= 4 is 11.9 Å². The predicted molar refractivity (Wildman–Crippen MR) is 65.1 cm³/mol. The molecule has 2 saturated heterocycles. The topological polar surface area (TPSA) is 66.8 Å². The zero-order valence-electron chi connectivity index (χ0n) is 10.8. The highest BCUT2D eigenvalue weighted by atomic mass is 16.5. The Hall–Kier alpha value is -1.10. The minimum Gasteiger partial charge on any atom is -0.481 e. The lowest BCUT2D eigenvalue weighted by atomic mass is 9.87. The molecule has 0 aromatic rings. The second kappa shape index (κ2) is 5.69. The highest BCUT2D eigenvalue weighted by Gasteiger charge is 2.36. The average Bonchev–Trinajstić information content (AvgIpc) is 2.78. The second-order valence-corrected chi connectivity index (χ2v) is 5.33. The molecule has 1 N–H and O–H groups in total. The molecule has 0 saturated carbocycles. The average molecular weight is 255 g/mol. The Morgan fingerprint density at radius 3 is 2.50 bits per heavy atom. The van der Waals surface area contributed by atoms with Gasteiger partial charge < -0.3 is 14.7 Å². The smallest absolute Gasteiger partial charge is 0.309 e. The Morgan fingerprint density at radius 2 is 1.94 bits per heavy atom. The highest BCUT2D eigenvalue weighted by molar-refractivity contribution is 5.73. The maximum absolute atomic E-state index is 11.2. The Bertz CT molecular complexity index is 323. The molecule has 2 heterocycles. The Morgan fingerprint density at radius 1 is 1.28 bits per heavy atom. The summed E-state index contributed by atoms with van der Waals surface area (Å²) >= 11 is 0. The summed E-state index contributed by atoms with van der Waals surface area (Å²) in [6.45, 7) is 3.75. The van der Waals surface area contributed by atoms with Gasteiger partial charge in [0.2, 0.25) is 5.91 Å². The van der Waals surface area contributed by atoms with Crippen LogP contribution in [-0.4, -0.2) is 47.7 Å². The van der Waals surface area contributed by atoms with E-state index in [-0.39, 0.29) is 17.9 Å². The van der Waals surface area contributed by atoms with Gasteiger partial charge in [0.1, 0.15) is 0 Å². The van der Waals surface area contributed by atoms with Gasteiger partial charge in [0.15, 0.2) is 0 Å². The van der Waals surface area contributed by atoms with Crippen LogP contribution in [0.2, 0.25) is 0 Å². The number of piperidine rings is 1. The summed E-state index contributed by atoms with van der Waals surface area (Å²) in [6, 6.07) is 0. The van der Waals surface area contributed by atoms with Gasteiger partial charge in [0, 0.05) is 26.6 Å². The number of likely N-dealkylation sites (tertiary alicyclic amines) is 1. The van der Waals surface area contributed by atoms with Gasteiger partial charge in [0.05, 0.1) is 12.0 Å². The largest absolute Gasteiger partial charge is 0.481 e. The summed E-state index contributed by atoms with van der Waals surface area (Å²) in [6.07, 6.45) is 3.25. The predicted octanol–water partition coefficient (Wildman–Crippen LogP) is 1.12. The summed E-state index contributed by atoms with van der Waals surface area (Å²) in [5, 5.41) is 9.10. The van der Waals surface area contributed by atoms with Crippen molar-refractivity contribution in [3.05, 3.63) is 0 Å². The van der Waals surface area contributed by atoms with Crippen molar-refractivity contribution in [2.75, 3.05) is 19.7 Å². The van der Waals surface area contributed by atoms with Crippen LogP contribution in [0.25, 0.3) is 0 Å². The van der Waals surface area contributed by atoms with Gasteiger partial charge in [-0.15, -0.1) is 0 Å². The van der Waals surface area contributed by atoms with Gasteiger partial charge in [-0.2, -0.15) is 0 Å². The Kier molecular flexibility index (Phi) is 4.22. The summed E-state index contributed by atoms with van der Waals surface area (Å²) in [4.78, 5) is 24.1. The summed E-state index contributed by atoms with van der Waals surface area (Å²) in [5.41, 5.74) is 0. The van der Waals surface area contributed by atoms with E-state index in [0.29, 0.717) is 18.9 Å². The molecular weight excluding hydrogens is 234 g/mol. The first-order valence-electron chi connectivity index (χ1n) is 6.68. The van der Waals surface area contributed by atoms with Crippen molar-refractivity contribution in [2.45, 2.75) is 38.7 Å². The van der Waals surface area contributed by atoms with Crippen LogP contribution >= 0.6 is 0 Å². The number of carbonyl (C=O) groups is 2. The maximum atomic E-state index is 11.2. The lowest BCUT2D eigenvalue weighted by Crippen LogP contribution is -2.38. The molecule has 0 aliphatic carbocycles. The van der Waals surface area contributed by atoms with Crippen LogP contribution in [0.15, 0.2) is 0 Å². The van der Waals surface area contributed by atoms with Gasteiger partial charge in [-0.3, -0.25) is 9.59 Å². The number of hydrogen-bond donors (Lipinski definition) is 1. The first kappa shape index (κ1) is 13.3. The van der Waals surface area contributed by atoms with Crippen LogP contribution in [-0.2, 0) is 14.3 Å². The van der Waals surface area contributed by atoms with E-state index in [2.05, 4.69) is 0 Å². The molecule has 18 heavy (non-hydrogen) atoms. The van der Waals surface area contributed by atoms with E-state index >= 15 is 0 Å². The number of amides is 1. The summed E-state index contributed by atoms with van der Waals surface area (Å²) in [7, 11) is 0. The first-order chi connectivity index (χ1) is 8.58. The quantitative estimate of drug-likeness (QED) is 0.820. The molecule has 102 valence electrons. The third-order valence-electron chi connectivity index (χ3n) is 4.15. The Labute approximate surface area is 107 Å². The van der Waals surface area contributed by atoms with E-state index in [1.165, 1.54) is 0 Å². The zero-order valence-corrected chi connectivity index (χ0v) is 10.8. The number of carbonyl (C=O) groups excluding carboxylic acids is 1. The fourth-order valence-electron chi connectivity index (χ4n) is 2.98. The standard InChI is InChI=1S/C13H21NO4/c1-9(15)14-5-2-10(3-6-14)8-12-11(13(16)17)4-7-18-12/h10-12H,2-8H2,1H3,(H,16,17)/t11-,12-/m0/s1.